The fourth-order valence-corrected chi connectivity index (χ4v) is 3.37. The first kappa shape index (κ1) is 18.0. The fraction of sp³-hybridized carbons (Fsp3) is 0.350. The van der Waals surface area contributed by atoms with Gasteiger partial charge in [-0.05, 0) is 45.4 Å². The number of benzene rings is 1. The molecular formula is C20H24FN5. The largest absolute Gasteiger partial charge is 0.360 e. The van der Waals surface area contributed by atoms with E-state index >= 15 is 0 Å². The van der Waals surface area contributed by atoms with Gasteiger partial charge in [-0.3, -0.25) is 4.99 Å². The lowest BCUT2D eigenvalue weighted by molar-refractivity contribution is 0.250. The van der Waals surface area contributed by atoms with Crippen LogP contribution < -0.4 is 0 Å². The predicted molar refractivity (Wildman–Crippen MR) is 102 cm³/mol. The molecule has 26 heavy (non-hydrogen) atoms. The Morgan fingerprint density at radius 2 is 1.96 bits per heavy atom. The molecule has 5 nitrogen and oxygen atoms in total. The van der Waals surface area contributed by atoms with Gasteiger partial charge in [-0.15, -0.1) is 10.2 Å². The van der Waals surface area contributed by atoms with Gasteiger partial charge in [0.1, 0.15) is 5.82 Å². The molecule has 0 N–H and O–H groups in total. The zero-order valence-corrected chi connectivity index (χ0v) is 15.8. The van der Waals surface area contributed by atoms with E-state index in [-0.39, 0.29) is 11.9 Å². The maximum atomic E-state index is 14.4. The number of rotatable bonds is 4. The Morgan fingerprint density at radius 1 is 1.23 bits per heavy atom. The molecule has 3 rings (SSSR count). The van der Waals surface area contributed by atoms with Crippen molar-refractivity contribution in [3.8, 4) is 0 Å². The average Bonchev–Trinajstić information content (AvgIpc) is 2.99. The molecule has 0 bridgehead atoms. The Kier molecular flexibility index (Phi) is 4.76. The first-order valence-corrected chi connectivity index (χ1v) is 8.66. The number of allylic oxidation sites excluding steroid dienone is 1. The third kappa shape index (κ3) is 3.19. The second kappa shape index (κ2) is 6.86. The molecule has 0 aliphatic carbocycles. The Hall–Kier alpha value is -2.76. The van der Waals surface area contributed by atoms with Crippen molar-refractivity contribution in [2.75, 3.05) is 6.54 Å². The van der Waals surface area contributed by atoms with Crippen LogP contribution >= 0.6 is 0 Å². The summed E-state index contributed by atoms with van der Waals surface area (Å²) in [5, 5.41) is 8.66. The lowest BCUT2D eigenvalue weighted by Crippen LogP contribution is -2.36. The van der Waals surface area contributed by atoms with Crippen LogP contribution in [0.5, 0.6) is 0 Å². The van der Waals surface area contributed by atoms with Gasteiger partial charge in [0.25, 0.3) is 0 Å². The number of nitrogens with zero attached hydrogens (tertiary/aromatic N) is 5. The highest BCUT2D eigenvalue weighted by atomic mass is 19.1. The summed E-state index contributed by atoms with van der Waals surface area (Å²) in [6, 6.07) is 5.16. The molecule has 1 atom stereocenters. The number of hydrogen-bond donors (Lipinski definition) is 0. The molecule has 2 aromatic rings. The molecule has 1 aliphatic heterocycles. The van der Waals surface area contributed by atoms with Crippen molar-refractivity contribution in [3.63, 3.8) is 0 Å². The number of fused-ring (bicyclic) bond motifs is 1. The van der Waals surface area contributed by atoms with Crippen molar-refractivity contribution in [1.29, 1.82) is 0 Å². The molecule has 1 aliphatic rings. The van der Waals surface area contributed by atoms with Gasteiger partial charge in [0.05, 0.1) is 11.8 Å². The molecule has 0 fully saturated rings. The smallest absolute Gasteiger partial charge is 0.178 e. The normalized spacial score (nSPS) is 17.2. The van der Waals surface area contributed by atoms with Crippen LogP contribution in [0.1, 0.15) is 49.6 Å². The number of halogens is 1. The van der Waals surface area contributed by atoms with Gasteiger partial charge < -0.3 is 9.47 Å². The monoisotopic (exact) mass is 353 g/mol. The molecule has 0 unspecified atom stereocenters. The van der Waals surface area contributed by atoms with Crippen molar-refractivity contribution < 1.29 is 4.39 Å². The molecular weight excluding hydrogens is 329 g/mol. The van der Waals surface area contributed by atoms with Gasteiger partial charge in [-0.2, -0.15) is 0 Å². The summed E-state index contributed by atoms with van der Waals surface area (Å²) >= 11 is 0. The lowest BCUT2D eigenvalue weighted by atomic mass is 10.1. The second-order valence-electron chi connectivity index (χ2n) is 6.77. The first-order valence-electron chi connectivity index (χ1n) is 8.66. The Morgan fingerprint density at radius 3 is 2.62 bits per heavy atom. The van der Waals surface area contributed by atoms with E-state index < -0.39 is 0 Å². The van der Waals surface area contributed by atoms with E-state index in [4.69, 9.17) is 0 Å². The van der Waals surface area contributed by atoms with Gasteiger partial charge in [-0.25, -0.2) is 4.39 Å². The maximum absolute atomic E-state index is 14.4. The molecule has 0 radical (unpaired) electrons. The highest BCUT2D eigenvalue weighted by Crippen LogP contribution is 2.32. The Bertz CT molecular complexity index is 909. The van der Waals surface area contributed by atoms with Crippen LogP contribution in [0, 0.1) is 12.7 Å². The van der Waals surface area contributed by atoms with E-state index in [1.165, 1.54) is 6.07 Å². The van der Waals surface area contributed by atoms with E-state index in [9.17, 15) is 4.39 Å². The molecule has 0 saturated carbocycles. The van der Waals surface area contributed by atoms with E-state index in [2.05, 4.69) is 37.8 Å². The molecule has 1 aromatic heterocycles. The Balaban J connectivity index is 1.91. The van der Waals surface area contributed by atoms with E-state index in [1.54, 1.807) is 6.07 Å². The van der Waals surface area contributed by atoms with Gasteiger partial charge >= 0.3 is 0 Å². The molecule has 136 valence electrons. The number of hydrogen-bond acceptors (Lipinski definition) is 4. The summed E-state index contributed by atoms with van der Waals surface area (Å²) in [6.45, 7) is 17.0. The summed E-state index contributed by atoms with van der Waals surface area (Å²) in [5.41, 5.74) is 3.60. The molecule has 2 heterocycles. The van der Waals surface area contributed by atoms with E-state index in [0.717, 1.165) is 28.6 Å². The number of aliphatic imine (C=N–C) groups is 1. The minimum atomic E-state index is -0.251. The second-order valence-corrected chi connectivity index (χ2v) is 6.77. The minimum Gasteiger partial charge on any atom is -0.360 e. The SMILES string of the molecule is C=C(C)/N=C(\C)c1nnc2n1CCN(C(=C)c1ccc(C)cc1F)[C@@H]2C. The van der Waals surface area contributed by atoms with E-state index in [0.29, 0.717) is 24.4 Å². The average molecular weight is 353 g/mol. The van der Waals surface area contributed by atoms with Crippen LogP contribution in [0.25, 0.3) is 5.70 Å². The van der Waals surface area contributed by atoms with E-state index in [1.807, 2.05) is 33.8 Å². The molecule has 0 spiro atoms. The van der Waals surface area contributed by atoms with Crippen molar-refractivity contribution in [2.24, 2.45) is 4.99 Å². The molecule has 6 heteroatoms. The third-order valence-corrected chi connectivity index (χ3v) is 4.65. The predicted octanol–water partition coefficient (Wildman–Crippen LogP) is 4.12. The highest BCUT2D eigenvalue weighted by molar-refractivity contribution is 5.96. The quantitative estimate of drug-likeness (QED) is 0.777. The lowest BCUT2D eigenvalue weighted by Gasteiger charge is -2.37. The fourth-order valence-electron chi connectivity index (χ4n) is 3.37. The summed E-state index contributed by atoms with van der Waals surface area (Å²) in [6.07, 6.45) is 0. The molecule has 0 saturated heterocycles. The molecule has 0 amide bonds. The van der Waals surface area contributed by atoms with Crippen molar-refractivity contribution in [2.45, 2.75) is 40.3 Å². The van der Waals surface area contributed by atoms with Gasteiger partial charge in [0.2, 0.25) is 0 Å². The summed E-state index contributed by atoms with van der Waals surface area (Å²) in [4.78, 5) is 6.47. The van der Waals surface area contributed by atoms with Crippen LogP contribution in [0.4, 0.5) is 4.39 Å². The zero-order valence-electron chi connectivity index (χ0n) is 15.8. The standard InChI is InChI=1S/C20H24FN5/c1-12(2)22-14(4)19-23-24-20-16(6)25(9-10-26(19)20)15(5)17-8-7-13(3)11-18(17)21/h7-8,11,16H,1,5,9-10H2,2-4,6H3/b22-14+/t16-/m1/s1. The van der Waals surface area contributed by atoms with Crippen LogP contribution in [-0.4, -0.2) is 31.9 Å². The highest BCUT2D eigenvalue weighted by Gasteiger charge is 2.30. The number of aromatic nitrogens is 3. The summed E-state index contributed by atoms with van der Waals surface area (Å²) in [5.74, 6) is 1.33. The van der Waals surface area contributed by atoms with Crippen molar-refractivity contribution in [1.82, 2.24) is 19.7 Å². The van der Waals surface area contributed by atoms with Gasteiger partial charge in [0.15, 0.2) is 11.6 Å². The summed E-state index contributed by atoms with van der Waals surface area (Å²) in [7, 11) is 0. The van der Waals surface area contributed by atoms with Crippen LogP contribution in [0.3, 0.4) is 0 Å². The topological polar surface area (TPSA) is 46.3 Å². The van der Waals surface area contributed by atoms with Crippen molar-refractivity contribution in [3.05, 3.63) is 65.6 Å². The zero-order chi connectivity index (χ0) is 19.0. The molecule has 1 aromatic carbocycles. The van der Waals surface area contributed by atoms with Crippen LogP contribution in [-0.2, 0) is 6.54 Å². The van der Waals surface area contributed by atoms with Gasteiger partial charge in [-0.1, -0.05) is 19.2 Å². The van der Waals surface area contributed by atoms with Crippen LogP contribution in [0.2, 0.25) is 0 Å². The third-order valence-electron chi connectivity index (χ3n) is 4.65. The van der Waals surface area contributed by atoms with Crippen molar-refractivity contribution >= 4 is 11.4 Å². The van der Waals surface area contributed by atoms with Gasteiger partial charge in [0, 0.05) is 30.0 Å². The Labute approximate surface area is 153 Å². The first-order chi connectivity index (χ1) is 12.3. The van der Waals surface area contributed by atoms with Crippen LogP contribution in [0.15, 0.2) is 42.0 Å². The summed E-state index contributed by atoms with van der Waals surface area (Å²) < 4.78 is 16.4. The maximum Gasteiger partial charge on any atom is 0.178 e. The minimum absolute atomic E-state index is 0.0594. The number of aryl methyl sites for hydroxylation is 1.